The lowest BCUT2D eigenvalue weighted by Crippen LogP contribution is -2.41. The topological polar surface area (TPSA) is 55.8 Å². The van der Waals surface area contributed by atoms with Gasteiger partial charge in [0.1, 0.15) is 6.10 Å². The maximum Gasteiger partial charge on any atom is 0.348 e. The molecule has 3 atom stereocenters. The molecule has 1 aliphatic heterocycles. The number of carbonyl (C=O) groups excluding carboxylic acids is 1. The normalized spacial score (nSPS) is 24.8. The van der Waals surface area contributed by atoms with Gasteiger partial charge in [-0.1, -0.05) is 80.9 Å². The minimum Gasteiger partial charge on any atom is -0.433 e. The van der Waals surface area contributed by atoms with E-state index >= 15 is 0 Å². The van der Waals surface area contributed by atoms with Crippen molar-refractivity contribution >= 4 is 5.97 Å². The van der Waals surface area contributed by atoms with Crippen molar-refractivity contribution in [3.8, 4) is 0 Å². The van der Waals surface area contributed by atoms with Crippen LogP contribution in [0.3, 0.4) is 0 Å². The molecule has 0 aromatic heterocycles. The Bertz CT molecular complexity index is 746. The molecule has 0 spiro atoms. The van der Waals surface area contributed by atoms with Crippen LogP contribution < -0.4 is 0 Å². The van der Waals surface area contributed by atoms with Crippen LogP contribution in [-0.2, 0) is 19.9 Å². The summed E-state index contributed by atoms with van der Waals surface area (Å²) in [5, 5.41) is 11.1. The minimum atomic E-state index is -1.57. The van der Waals surface area contributed by atoms with Crippen molar-refractivity contribution in [3.63, 3.8) is 0 Å². The Labute approximate surface area is 148 Å². The first-order chi connectivity index (χ1) is 11.7. The Morgan fingerprint density at radius 3 is 2.16 bits per heavy atom. The van der Waals surface area contributed by atoms with Gasteiger partial charge in [-0.25, -0.2) is 4.79 Å². The van der Waals surface area contributed by atoms with E-state index in [1.165, 1.54) is 0 Å². The van der Waals surface area contributed by atoms with Crippen molar-refractivity contribution in [2.45, 2.75) is 45.7 Å². The molecule has 4 heteroatoms. The number of cyclic esters (lactones) is 1. The predicted octanol–water partition coefficient (Wildman–Crippen LogP) is 3.87. The standard InChI is InChI=1S/C21H24O4/c1-14-10-12-15(13-11-14)17(22)21(16-8-6-5-7-9-16)18(23)24-19(25-21)20(2,3)4/h5-13,17,19,22H,1-4H3/t17?,19-,21?/m1/s1. The average molecular weight is 340 g/mol. The SMILES string of the molecule is Cc1ccc(C(O)C2(c3ccccc3)O[C@H](C(C)(C)C)OC2=O)cc1. The molecule has 2 unspecified atom stereocenters. The van der Waals surface area contributed by atoms with Gasteiger partial charge in [0.15, 0.2) is 0 Å². The molecule has 0 radical (unpaired) electrons. The summed E-state index contributed by atoms with van der Waals surface area (Å²) in [4.78, 5) is 12.9. The van der Waals surface area contributed by atoms with Crippen molar-refractivity contribution in [1.29, 1.82) is 0 Å². The molecular weight excluding hydrogens is 316 g/mol. The van der Waals surface area contributed by atoms with E-state index in [2.05, 4.69) is 0 Å². The summed E-state index contributed by atoms with van der Waals surface area (Å²) in [6, 6.07) is 16.5. The van der Waals surface area contributed by atoms with E-state index in [9.17, 15) is 9.90 Å². The zero-order chi connectivity index (χ0) is 18.2. The Balaban J connectivity index is 2.11. The molecule has 1 saturated heterocycles. The molecule has 1 N–H and O–H groups in total. The van der Waals surface area contributed by atoms with Crippen LogP contribution in [0.25, 0.3) is 0 Å². The lowest BCUT2D eigenvalue weighted by atomic mass is 9.84. The van der Waals surface area contributed by atoms with Gasteiger partial charge in [-0.2, -0.15) is 0 Å². The van der Waals surface area contributed by atoms with Crippen LogP contribution in [0.2, 0.25) is 0 Å². The van der Waals surface area contributed by atoms with E-state index in [-0.39, 0.29) is 0 Å². The van der Waals surface area contributed by atoms with E-state index < -0.39 is 29.4 Å². The summed E-state index contributed by atoms with van der Waals surface area (Å²) in [5.41, 5.74) is 0.293. The zero-order valence-corrected chi connectivity index (χ0v) is 15.0. The number of hydrogen-bond acceptors (Lipinski definition) is 4. The monoisotopic (exact) mass is 340 g/mol. The zero-order valence-electron chi connectivity index (χ0n) is 15.0. The van der Waals surface area contributed by atoms with Crippen LogP contribution in [0.1, 0.15) is 43.6 Å². The highest BCUT2D eigenvalue weighted by Gasteiger charge is 2.59. The van der Waals surface area contributed by atoms with Crippen molar-refractivity contribution in [1.82, 2.24) is 0 Å². The summed E-state index contributed by atoms with van der Waals surface area (Å²) in [6.45, 7) is 7.78. The third-order valence-electron chi connectivity index (χ3n) is 4.50. The maximum atomic E-state index is 12.9. The van der Waals surface area contributed by atoms with Gasteiger partial charge in [-0.15, -0.1) is 0 Å². The molecule has 2 aromatic rings. The number of aryl methyl sites for hydroxylation is 1. The molecule has 4 nitrogen and oxygen atoms in total. The lowest BCUT2D eigenvalue weighted by Gasteiger charge is -2.32. The molecule has 25 heavy (non-hydrogen) atoms. The Morgan fingerprint density at radius 2 is 1.64 bits per heavy atom. The number of aliphatic hydroxyl groups is 1. The fourth-order valence-electron chi connectivity index (χ4n) is 2.97. The van der Waals surface area contributed by atoms with Crippen LogP contribution in [0, 0.1) is 12.3 Å². The molecule has 0 amide bonds. The molecular formula is C21H24O4. The highest BCUT2D eigenvalue weighted by Crippen LogP contribution is 2.48. The van der Waals surface area contributed by atoms with Gasteiger partial charge in [-0.05, 0) is 18.1 Å². The highest BCUT2D eigenvalue weighted by atomic mass is 16.8. The van der Waals surface area contributed by atoms with E-state index in [1.54, 1.807) is 12.1 Å². The van der Waals surface area contributed by atoms with Crippen LogP contribution >= 0.6 is 0 Å². The summed E-state index contributed by atoms with van der Waals surface area (Å²) in [5.74, 6) is -0.563. The average Bonchev–Trinajstić information content (AvgIpc) is 2.94. The Hall–Kier alpha value is -2.17. The van der Waals surface area contributed by atoms with E-state index in [0.717, 1.165) is 5.56 Å². The summed E-state index contributed by atoms with van der Waals surface area (Å²) < 4.78 is 11.7. The van der Waals surface area contributed by atoms with Gasteiger partial charge >= 0.3 is 5.97 Å². The van der Waals surface area contributed by atoms with Gasteiger partial charge in [0.05, 0.1) is 0 Å². The molecule has 0 aliphatic carbocycles. The number of benzene rings is 2. The highest BCUT2D eigenvalue weighted by molar-refractivity contribution is 5.84. The molecule has 2 aromatic carbocycles. The van der Waals surface area contributed by atoms with Gasteiger partial charge in [0, 0.05) is 5.41 Å². The number of esters is 1. The van der Waals surface area contributed by atoms with Crippen LogP contribution in [-0.4, -0.2) is 17.4 Å². The first-order valence-corrected chi connectivity index (χ1v) is 8.44. The molecule has 1 fully saturated rings. The summed E-state index contributed by atoms with van der Waals surface area (Å²) in [7, 11) is 0. The Kier molecular flexibility index (Phi) is 4.43. The van der Waals surface area contributed by atoms with E-state index in [0.29, 0.717) is 11.1 Å². The van der Waals surface area contributed by atoms with Crippen molar-refractivity contribution in [3.05, 3.63) is 71.3 Å². The van der Waals surface area contributed by atoms with E-state index in [4.69, 9.17) is 9.47 Å². The second-order valence-corrected chi connectivity index (χ2v) is 7.64. The first kappa shape index (κ1) is 17.6. The maximum absolute atomic E-state index is 12.9. The third-order valence-corrected chi connectivity index (χ3v) is 4.50. The first-order valence-electron chi connectivity index (χ1n) is 8.44. The van der Waals surface area contributed by atoms with E-state index in [1.807, 2.05) is 70.2 Å². The molecule has 3 rings (SSSR count). The number of ether oxygens (including phenoxy) is 2. The van der Waals surface area contributed by atoms with Crippen LogP contribution in [0.5, 0.6) is 0 Å². The molecule has 1 aliphatic rings. The molecule has 0 saturated carbocycles. The van der Waals surface area contributed by atoms with Gasteiger partial charge in [0.2, 0.25) is 11.9 Å². The van der Waals surface area contributed by atoms with Gasteiger partial charge in [0.25, 0.3) is 0 Å². The second kappa shape index (κ2) is 6.28. The van der Waals surface area contributed by atoms with Gasteiger partial charge in [-0.3, -0.25) is 0 Å². The van der Waals surface area contributed by atoms with Crippen molar-refractivity contribution < 1.29 is 19.4 Å². The molecule has 132 valence electrons. The summed E-state index contributed by atoms with van der Waals surface area (Å²) in [6.07, 6.45) is -1.91. The largest absolute Gasteiger partial charge is 0.433 e. The molecule has 1 heterocycles. The summed E-state index contributed by atoms with van der Waals surface area (Å²) >= 11 is 0. The minimum absolute atomic E-state index is 0.404. The number of rotatable bonds is 3. The second-order valence-electron chi connectivity index (χ2n) is 7.64. The van der Waals surface area contributed by atoms with Crippen LogP contribution in [0.4, 0.5) is 0 Å². The van der Waals surface area contributed by atoms with Gasteiger partial charge < -0.3 is 14.6 Å². The number of carbonyl (C=O) groups is 1. The van der Waals surface area contributed by atoms with Crippen molar-refractivity contribution in [2.24, 2.45) is 5.41 Å². The smallest absolute Gasteiger partial charge is 0.348 e. The third kappa shape index (κ3) is 3.08. The quantitative estimate of drug-likeness (QED) is 0.862. The lowest BCUT2D eigenvalue weighted by molar-refractivity contribution is -0.175. The fourth-order valence-corrected chi connectivity index (χ4v) is 2.97. The predicted molar refractivity (Wildman–Crippen MR) is 94.7 cm³/mol. The van der Waals surface area contributed by atoms with Crippen molar-refractivity contribution in [2.75, 3.05) is 0 Å². The Morgan fingerprint density at radius 1 is 1.04 bits per heavy atom. The number of hydrogen-bond donors (Lipinski definition) is 1. The molecule has 0 bridgehead atoms. The number of aliphatic hydroxyl groups excluding tert-OH is 1. The fraction of sp³-hybridized carbons (Fsp3) is 0.381. The van der Waals surface area contributed by atoms with Crippen LogP contribution in [0.15, 0.2) is 54.6 Å².